The van der Waals surface area contributed by atoms with Crippen LogP contribution in [-0.4, -0.2) is 28.4 Å². The second-order valence-corrected chi connectivity index (χ2v) is 7.65. The first kappa shape index (κ1) is 21.8. The van der Waals surface area contributed by atoms with Crippen LogP contribution in [0.25, 0.3) is 6.08 Å². The van der Waals surface area contributed by atoms with Crippen molar-refractivity contribution in [1.29, 1.82) is 0 Å². The number of hydrogen-bond acceptors (Lipinski definition) is 3. The van der Waals surface area contributed by atoms with Crippen LogP contribution in [0.5, 0.6) is 0 Å². The SMILES string of the molecule is C=Nc1c(/C=C(\C)C(F)(F)F)nc(NC(=O)C[C@@H](C)c2ccccc2)n1C1CCC1. The maximum absolute atomic E-state index is 13.0. The van der Waals surface area contributed by atoms with E-state index < -0.39 is 11.7 Å². The van der Waals surface area contributed by atoms with Gasteiger partial charge in [-0.15, -0.1) is 0 Å². The highest BCUT2D eigenvalue weighted by atomic mass is 19.4. The lowest BCUT2D eigenvalue weighted by Crippen LogP contribution is -2.22. The van der Waals surface area contributed by atoms with Gasteiger partial charge in [-0.25, -0.2) is 9.98 Å². The fourth-order valence-corrected chi connectivity index (χ4v) is 3.41. The van der Waals surface area contributed by atoms with Crippen LogP contribution in [-0.2, 0) is 4.79 Å². The van der Waals surface area contributed by atoms with E-state index in [1.165, 1.54) is 0 Å². The molecule has 5 nitrogen and oxygen atoms in total. The number of aliphatic imine (C=N–C) groups is 1. The topological polar surface area (TPSA) is 59.3 Å². The lowest BCUT2D eigenvalue weighted by molar-refractivity contribution is -0.116. The molecule has 160 valence electrons. The van der Waals surface area contributed by atoms with Crippen molar-refractivity contribution >= 4 is 30.5 Å². The standard InChI is InChI=1S/C22H25F3N4O/c1-14(16-8-5-4-6-9-16)12-19(30)28-21-27-18(13-15(2)22(23,24)25)20(26-3)29(21)17-10-7-11-17/h4-6,8-9,13-14,17H,3,7,10-12H2,1-2H3,(H,27,28,30)/b15-13+/t14-/m1/s1. The molecule has 0 bridgehead atoms. The number of carbonyl (C=O) groups is 1. The maximum atomic E-state index is 13.0. The van der Waals surface area contributed by atoms with E-state index in [0.717, 1.165) is 37.8 Å². The highest BCUT2D eigenvalue weighted by molar-refractivity contribution is 5.90. The fourth-order valence-electron chi connectivity index (χ4n) is 3.41. The number of allylic oxidation sites excluding steroid dienone is 1. The van der Waals surface area contributed by atoms with Crippen LogP contribution in [0.2, 0.25) is 0 Å². The Bertz CT molecular complexity index is 943. The van der Waals surface area contributed by atoms with Gasteiger partial charge in [0.05, 0.1) is 0 Å². The van der Waals surface area contributed by atoms with Gasteiger partial charge in [0, 0.05) is 18.0 Å². The van der Waals surface area contributed by atoms with Crippen molar-refractivity contribution in [3.05, 3.63) is 47.2 Å². The number of carbonyl (C=O) groups excluding carboxylic acids is 1. The van der Waals surface area contributed by atoms with Crippen LogP contribution in [0, 0.1) is 0 Å². The molecule has 3 rings (SSSR count). The first-order chi connectivity index (χ1) is 14.2. The number of amides is 1. The minimum absolute atomic E-state index is 0.0119. The molecule has 1 aliphatic carbocycles. The third kappa shape index (κ3) is 4.80. The monoisotopic (exact) mass is 418 g/mol. The molecule has 0 aliphatic heterocycles. The Morgan fingerprint density at radius 1 is 1.37 bits per heavy atom. The zero-order valence-corrected chi connectivity index (χ0v) is 17.0. The van der Waals surface area contributed by atoms with Gasteiger partial charge in [-0.2, -0.15) is 13.2 Å². The first-order valence-electron chi connectivity index (χ1n) is 9.90. The molecular formula is C22H25F3N4O. The number of imidazole rings is 1. The lowest BCUT2D eigenvalue weighted by atomic mass is 9.93. The van der Waals surface area contributed by atoms with E-state index >= 15 is 0 Å². The largest absolute Gasteiger partial charge is 0.412 e. The van der Waals surface area contributed by atoms with Crippen molar-refractivity contribution < 1.29 is 18.0 Å². The van der Waals surface area contributed by atoms with Gasteiger partial charge in [-0.3, -0.25) is 14.7 Å². The van der Waals surface area contributed by atoms with Crippen LogP contribution < -0.4 is 5.32 Å². The van der Waals surface area contributed by atoms with Crippen molar-refractivity contribution in [1.82, 2.24) is 9.55 Å². The lowest BCUT2D eigenvalue weighted by Gasteiger charge is -2.29. The summed E-state index contributed by atoms with van der Waals surface area (Å²) in [5.41, 5.74) is 0.298. The molecule has 1 saturated carbocycles. The molecule has 1 fully saturated rings. The predicted molar refractivity (Wildman–Crippen MR) is 112 cm³/mol. The molecule has 1 aliphatic rings. The van der Waals surface area contributed by atoms with E-state index in [-0.39, 0.29) is 41.7 Å². The maximum Gasteiger partial charge on any atom is 0.412 e. The van der Waals surface area contributed by atoms with E-state index in [0.29, 0.717) is 0 Å². The van der Waals surface area contributed by atoms with Crippen LogP contribution in [0.4, 0.5) is 24.9 Å². The van der Waals surface area contributed by atoms with Gasteiger partial charge < -0.3 is 0 Å². The number of rotatable bonds is 7. The molecule has 8 heteroatoms. The van der Waals surface area contributed by atoms with Crippen LogP contribution in [0.1, 0.15) is 62.7 Å². The number of anilines is 1. The molecule has 0 saturated heterocycles. The van der Waals surface area contributed by atoms with E-state index in [2.05, 4.69) is 22.0 Å². The number of benzene rings is 1. The zero-order valence-electron chi connectivity index (χ0n) is 17.0. The molecule has 1 aromatic carbocycles. The van der Waals surface area contributed by atoms with Crippen molar-refractivity contribution in [2.45, 2.75) is 57.7 Å². The summed E-state index contributed by atoms with van der Waals surface area (Å²) in [5.74, 6) is 0.195. The number of aromatic nitrogens is 2. The summed E-state index contributed by atoms with van der Waals surface area (Å²) < 4.78 is 40.7. The average molecular weight is 418 g/mol. The number of nitrogens with one attached hydrogen (secondary N) is 1. The molecular weight excluding hydrogens is 393 g/mol. The molecule has 1 atom stereocenters. The Morgan fingerprint density at radius 2 is 2.03 bits per heavy atom. The van der Waals surface area contributed by atoms with E-state index in [4.69, 9.17) is 0 Å². The summed E-state index contributed by atoms with van der Waals surface area (Å²) in [5, 5.41) is 2.78. The fraction of sp³-hybridized carbons (Fsp3) is 0.409. The number of alkyl halides is 3. The Morgan fingerprint density at radius 3 is 2.57 bits per heavy atom. The summed E-state index contributed by atoms with van der Waals surface area (Å²) in [7, 11) is 0. The Hall–Kier alpha value is -2.90. The summed E-state index contributed by atoms with van der Waals surface area (Å²) in [6.45, 7) is 6.44. The van der Waals surface area contributed by atoms with Crippen molar-refractivity contribution in [3.63, 3.8) is 0 Å². The molecule has 1 N–H and O–H groups in total. The van der Waals surface area contributed by atoms with Gasteiger partial charge in [0.2, 0.25) is 11.9 Å². The number of hydrogen-bond donors (Lipinski definition) is 1. The van der Waals surface area contributed by atoms with Gasteiger partial charge in [-0.1, -0.05) is 37.3 Å². The van der Waals surface area contributed by atoms with E-state index in [9.17, 15) is 18.0 Å². The molecule has 0 unspecified atom stereocenters. The smallest absolute Gasteiger partial charge is 0.296 e. The molecule has 1 amide bonds. The second-order valence-electron chi connectivity index (χ2n) is 7.65. The average Bonchev–Trinajstić information content (AvgIpc) is 2.96. The summed E-state index contributed by atoms with van der Waals surface area (Å²) in [6.07, 6.45) is -0.586. The van der Waals surface area contributed by atoms with Gasteiger partial charge in [0.25, 0.3) is 0 Å². The number of nitrogens with zero attached hydrogens (tertiary/aromatic N) is 3. The minimum atomic E-state index is -4.47. The summed E-state index contributed by atoms with van der Waals surface area (Å²) in [4.78, 5) is 20.9. The van der Waals surface area contributed by atoms with Crippen molar-refractivity contribution in [2.75, 3.05) is 5.32 Å². The third-order valence-electron chi connectivity index (χ3n) is 5.41. The van der Waals surface area contributed by atoms with E-state index in [1.54, 1.807) is 4.57 Å². The molecule has 1 heterocycles. The Kier molecular flexibility index (Phi) is 6.43. The van der Waals surface area contributed by atoms with Crippen molar-refractivity contribution in [2.24, 2.45) is 4.99 Å². The normalized spacial score (nSPS) is 16.1. The quantitative estimate of drug-likeness (QED) is 0.558. The third-order valence-corrected chi connectivity index (χ3v) is 5.41. The minimum Gasteiger partial charge on any atom is -0.296 e. The molecule has 0 spiro atoms. The van der Waals surface area contributed by atoms with Crippen LogP contribution in [0.15, 0.2) is 40.9 Å². The molecule has 1 aromatic heterocycles. The van der Waals surface area contributed by atoms with Gasteiger partial charge in [-0.05, 0) is 50.5 Å². The van der Waals surface area contributed by atoms with Gasteiger partial charge in [0.15, 0.2) is 5.82 Å². The van der Waals surface area contributed by atoms with E-state index in [1.807, 2.05) is 37.3 Å². The van der Waals surface area contributed by atoms with Crippen LogP contribution >= 0.6 is 0 Å². The summed E-state index contributed by atoms with van der Waals surface area (Å²) in [6, 6.07) is 9.68. The zero-order chi connectivity index (χ0) is 21.9. The number of halogens is 3. The molecule has 30 heavy (non-hydrogen) atoms. The Labute approximate surface area is 173 Å². The summed E-state index contributed by atoms with van der Waals surface area (Å²) >= 11 is 0. The molecule has 0 radical (unpaired) electrons. The second kappa shape index (κ2) is 8.85. The first-order valence-corrected chi connectivity index (χ1v) is 9.90. The van der Waals surface area contributed by atoms with Crippen molar-refractivity contribution in [3.8, 4) is 0 Å². The highest BCUT2D eigenvalue weighted by Gasteiger charge is 2.32. The van der Waals surface area contributed by atoms with Crippen LogP contribution in [0.3, 0.4) is 0 Å². The predicted octanol–water partition coefficient (Wildman–Crippen LogP) is 6.04. The molecule has 2 aromatic rings. The Balaban J connectivity index is 1.88. The van der Waals surface area contributed by atoms with Gasteiger partial charge in [0.1, 0.15) is 5.69 Å². The highest BCUT2D eigenvalue weighted by Crippen LogP contribution is 2.40. The van der Waals surface area contributed by atoms with Gasteiger partial charge >= 0.3 is 6.18 Å².